The number of hydrogen-bond donors (Lipinski definition) is 1. The minimum atomic E-state index is -0.340. The van der Waals surface area contributed by atoms with Gasteiger partial charge in [0.15, 0.2) is 5.17 Å². The molecule has 4 rings (SSSR count). The van der Waals surface area contributed by atoms with Gasteiger partial charge < -0.3 is 10.5 Å². The van der Waals surface area contributed by atoms with Crippen molar-refractivity contribution in [1.82, 2.24) is 9.97 Å². The summed E-state index contributed by atoms with van der Waals surface area (Å²) in [4.78, 5) is 13.0. The monoisotopic (exact) mass is 326 g/mol. The SMILES string of the molecule is C[C@]12N=C(N)SCC1CCOc1ccc(-c3cncnc3)cc12. The van der Waals surface area contributed by atoms with Crippen LogP contribution in [0.2, 0.25) is 0 Å². The van der Waals surface area contributed by atoms with Crippen LogP contribution in [0.5, 0.6) is 5.75 Å². The number of fused-ring (bicyclic) bond motifs is 3. The van der Waals surface area contributed by atoms with Crippen LogP contribution in [-0.4, -0.2) is 27.5 Å². The second-order valence-electron chi connectivity index (χ2n) is 6.08. The molecule has 23 heavy (non-hydrogen) atoms. The van der Waals surface area contributed by atoms with Gasteiger partial charge in [0.1, 0.15) is 12.1 Å². The lowest BCUT2D eigenvalue weighted by Crippen LogP contribution is -2.37. The van der Waals surface area contributed by atoms with Crippen LogP contribution in [0, 0.1) is 5.92 Å². The first-order valence-corrected chi connectivity index (χ1v) is 8.66. The van der Waals surface area contributed by atoms with E-state index in [4.69, 9.17) is 15.5 Å². The molecule has 0 bridgehead atoms. The van der Waals surface area contributed by atoms with E-state index in [-0.39, 0.29) is 5.54 Å². The molecule has 3 heterocycles. The molecule has 1 aromatic heterocycles. The minimum absolute atomic E-state index is 0.340. The number of amidine groups is 1. The molecule has 0 saturated heterocycles. The van der Waals surface area contributed by atoms with E-state index in [0.29, 0.717) is 11.1 Å². The van der Waals surface area contributed by atoms with Gasteiger partial charge in [0, 0.05) is 35.2 Å². The van der Waals surface area contributed by atoms with Crippen molar-refractivity contribution in [3.8, 4) is 16.9 Å². The highest BCUT2D eigenvalue weighted by molar-refractivity contribution is 8.13. The van der Waals surface area contributed by atoms with E-state index in [1.165, 1.54) is 6.33 Å². The van der Waals surface area contributed by atoms with Crippen molar-refractivity contribution in [3.63, 3.8) is 0 Å². The Balaban J connectivity index is 1.88. The minimum Gasteiger partial charge on any atom is -0.493 e. The first kappa shape index (κ1) is 14.5. The molecule has 2 atom stereocenters. The highest BCUT2D eigenvalue weighted by Crippen LogP contribution is 2.47. The molecule has 0 amide bonds. The maximum atomic E-state index is 6.04. The number of benzene rings is 1. The first-order chi connectivity index (χ1) is 11.2. The summed E-state index contributed by atoms with van der Waals surface area (Å²) in [6.45, 7) is 2.89. The number of nitrogens with two attached hydrogens (primary N) is 1. The topological polar surface area (TPSA) is 73.4 Å². The number of nitrogens with zero attached hydrogens (tertiary/aromatic N) is 3. The predicted octanol–water partition coefficient (Wildman–Crippen LogP) is 2.82. The van der Waals surface area contributed by atoms with Gasteiger partial charge in [0.05, 0.1) is 12.1 Å². The van der Waals surface area contributed by atoms with Crippen LogP contribution in [0.1, 0.15) is 18.9 Å². The number of ether oxygens (including phenoxy) is 1. The van der Waals surface area contributed by atoms with Crippen LogP contribution >= 0.6 is 11.8 Å². The highest BCUT2D eigenvalue weighted by atomic mass is 32.2. The van der Waals surface area contributed by atoms with Gasteiger partial charge in [-0.15, -0.1) is 0 Å². The molecule has 2 aliphatic rings. The van der Waals surface area contributed by atoms with Gasteiger partial charge in [0.25, 0.3) is 0 Å². The van der Waals surface area contributed by atoms with Gasteiger partial charge in [-0.25, -0.2) is 9.97 Å². The standard InChI is InChI=1S/C17H18N4OS/c1-17-13(9-23-16(18)21-17)4-5-22-15-3-2-11(6-14(15)17)12-7-19-10-20-8-12/h2-3,6-8,10,13H,4-5,9H2,1H3,(H2,18,21)/t13?,17-/m0/s1. The highest BCUT2D eigenvalue weighted by Gasteiger charge is 2.42. The largest absolute Gasteiger partial charge is 0.493 e. The second-order valence-corrected chi connectivity index (χ2v) is 7.12. The summed E-state index contributed by atoms with van der Waals surface area (Å²) in [5.41, 5.74) is 8.86. The lowest BCUT2D eigenvalue weighted by molar-refractivity contribution is 0.271. The maximum absolute atomic E-state index is 6.04. The van der Waals surface area contributed by atoms with Gasteiger partial charge in [-0.1, -0.05) is 17.8 Å². The van der Waals surface area contributed by atoms with Gasteiger partial charge >= 0.3 is 0 Å². The zero-order valence-corrected chi connectivity index (χ0v) is 13.7. The van der Waals surface area contributed by atoms with E-state index >= 15 is 0 Å². The Labute approximate surface area is 139 Å². The molecule has 0 aliphatic carbocycles. The molecular weight excluding hydrogens is 308 g/mol. The number of rotatable bonds is 1. The number of hydrogen-bond acceptors (Lipinski definition) is 6. The molecule has 1 unspecified atom stereocenters. The molecule has 0 spiro atoms. The van der Waals surface area contributed by atoms with E-state index in [0.717, 1.165) is 41.2 Å². The Morgan fingerprint density at radius 3 is 2.91 bits per heavy atom. The molecule has 6 heteroatoms. The third-order valence-corrected chi connectivity index (χ3v) is 5.67. The van der Waals surface area contributed by atoms with Crippen LogP contribution in [0.4, 0.5) is 0 Å². The summed E-state index contributed by atoms with van der Waals surface area (Å²) < 4.78 is 5.98. The lowest BCUT2D eigenvalue weighted by Gasteiger charge is -2.36. The lowest BCUT2D eigenvalue weighted by atomic mass is 9.78. The summed E-state index contributed by atoms with van der Waals surface area (Å²) in [5.74, 6) is 2.30. The summed E-state index contributed by atoms with van der Waals surface area (Å²) in [6, 6.07) is 6.23. The molecule has 0 saturated carbocycles. The summed E-state index contributed by atoms with van der Waals surface area (Å²) in [5, 5.41) is 0.657. The fourth-order valence-corrected chi connectivity index (χ4v) is 4.45. The van der Waals surface area contributed by atoms with Crippen LogP contribution in [0.25, 0.3) is 11.1 Å². The van der Waals surface area contributed by atoms with E-state index in [2.05, 4.69) is 23.0 Å². The Hall–Kier alpha value is -2.08. The summed E-state index contributed by atoms with van der Waals surface area (Å²) >= 11 is 1.64. The summed E-state index contributed by atoms with van der Waals surface area (Å²) in [6.07, 6.45) is 6.16. The Morgan fingerprint density at radius 1 is 1.26 bits per heavy atom. The third kappa shape index (κ3) is 2.47. The van der Waals surface area contributed by atoms with Gasteiger partial charge in [-0.2, -0.15) is 0 Å². The molecule has 2 aliphatic heterocycles. The first-order valence-electron chi connectivity index (χ1n) is 7.67. The second kappa shape index (κ2) is 5.53. The van der Waals surface area contributed by atoms with Crippen molar-refractivity contribution >= 4 is 16.9 Å². The normalized spacial score (nSPS) is 26.3. The van der Waals surface area contributed by atoms with Crippen LogP contribution in [0.3, 0.4) is 0 Å². The quantitative estimate of drug-likeness (QED) is 0.872. The predicted molar refractivity (Wildman–Crippen MR) is 92.5 cm³/mol. The van der Waals surface area contributed by atoms with Gasteiger partial charge in [-0.3, -0.25) is 4.99 Å². The molecule has 1 aromatic carbocycles. The zero-order valence-electron chi connectivity index (χ0n) is 12.9. The Bertz CT molecular complexity index is 764. The number of aliphatic imine (C=N–C) groups is 1. The van der Waals surface area contributed by atoms with Crippen molar-refractivity contribution < 1.29 is 4.74 Å². The molecular formula is C17H18N4OS. The maximum Gasteiger partial charge on any atom is 0.154 e. The van der Waals surface area contributed by atoms with Gasteiger partial charge in [-0.05, 0) is 31.0 Å². The smallest absolute Gasteiger partial charge is 0.154 e. The average Bonchev–Trinajstić information content (AvgIpc) is 2.71. The van der Waals surface area contributed by atoms with E-state index in [1.807, 2.05) is 24.5 Å². The molecule has 0 fully saturated rings. The van der Waals surface area contributed by atoms with Crippen molar-refractivity contribution in [1.29, 1.82) is 0 Å². The summed E-state index contributed by atoms with van der Waals surface area (Å²) in [7, 11) is 0. The zero-order chi connectivity index (χ0) is 15.9. The van der Waals surface area contributed by atoms with E-state index < -0.39 is 0 Å². The molecule has 2 N–H and O–H groups in total. The van der Waals surface area contributed by atoms with Crippen LogP contribution in [-0.2, 0) is 5.54 Å². The van der Waals surface area contributed by atoms with E-state index in [9.17, 15) is 0 Å². The third-order valence-electron chi connectivity index (χ3n) is 4.71. The fourth-order valence-electron chi connectivity index (χ4n) is 3.34. The van der Waals surface area contributed by atoms with Crippen molar-refractivity contribution in [2.24, 2.45) is 16.6 Å². The fraction of sp³-hybridized carbons (Fsp3) is 0.353. The molecule has 2 aromatic rings. The number of thioether (sulfide) groups is 1. The Kier molecular flexibility index (Phi) is 3.49. The van der Waals surface area contributed by atoms with E-state index in [1.54, 1.807) is 11.8 Å². The number of aromatic nitrogens is 2. The molecule has 0 radical (unpaired) electrons. The van der Waals surface area contributed by atoms with Crippen molar-refractivity contribution in [2.75, 3.05) is 12.4 Å². The molecule has 5 nitrogen and oxygen atoms in total. The van der Waals surface area contributed by atoms with Crippen LogP contribution < -0.4 is 10.5 Å². The van der Waals surface area contributed by atoms with Crippen LogP contribution in [0.15, 0.2) is 41.9 Å². The Morgan fingerprint density at radius 2 is 2.09 bits per heavy atom. The average molecular weight is 326 g/mol. The van der Waals surface area contributed by atoms with Crippen molar-refractivity contribution in [3.05, 3.63) is 42.5 Å². The van der Waals surface area contributed by atoms with Crippen molar-refractivity contribution in [2.45, 2.75) is 18.9 Å². The molecule has 118 valence electrons. The van der Waals surface area contributed by atoms with Gasteiger partial charge in [0.2, 0.25) is 0 Å².